The van der Waals surface area contributed by atoms with Crippen LogP contribution >= 0.6 is 0 Å². The van der Waals surface area contributed by atoms with Crippen LogP contribution in [0.5, 0.6) is 0 Å². The number of ether oxygens (including phenoxy) is 1. The van der Waals surface area contributed by atoms with Crippen LogP contribution < -0.4 is 0 Å². The van der Waals surface area contributed by atoms with E-state index in [4.69, 9.17) is 4.74 Å². The lowest BCUT2D eigenvalue weighted by Crippen LogP contribution is -2.13. The third-order valence-electron chi connectivity index (χ3n) is 1.85. The molecule has 0 heterocycles. The smallest absolute Gasteiger partial charge is 0.213 e. The molecule has 1 aliphatic rings. The Morgan fingerprint density at radius 1 is 1.20 bits per heavy atom. The minimum Gasteiger partial charge on any atom is -0.479 e. The van der Waals surface area contributed by atoms with E-state index in [0.717, 1.165) is 0 Å². The van der Waals surface area contributed by atoms with Gasteiger partial charge in [-0.1, -0.05) is 18.7 Å². The van der Waals surface area contributed by atoms with Gasteiger partial charge in [-0.15, -0.1) is 0 Å². The molecule has 1 nitrogen and oxygen atoms in total. The van der Waals surface area contributed by atoms with E-state index in [2.05, 4.69) is 18.6 Å². The molecule has 0 aromatic carbocycles. The Morgan fingerprint density at radius 2 is 1.90 bits per heavy atom. The predicted octanol–water partition coefficient (Wildman–Crippen LogP) is 2.44. The van der Waals surface area contributed by atoms with Crippen molar-refractivity contribution >= 4 is 0 Å². The summed E-state index contributed by atoms with van der Waals surface area (Å²) in [7, 11) is 0. The van der Waals surface area contributed by atoms with Crippen molar-refractivity contribution in [2.75, 3.05) is 0 Å². The molecule has 55 valence electrons. The summed E-state index contributed by atoms with van der Waals surface area (Å²) in [6, 6.07) is 0. The molecule has 0 saturated heterocycles. The molecular formula is C9H13O. The number of rotatable bonds is 2. The summed E-state index contributed by atoms with van der Waals surface area (Å²) in [6.07, 6.45) is 9.25. The summed E-state index contributed by atoms with van der Waals surface area (Å²) in [4.78, 5) is 0. The third kappa shape index (κ3) is 2.28. The maximum atomic E-state index is 5.21. The Kier molecular flexibility index (Phi) is 3.11. The van der Waals surface area contributed by atoms with Crippen molar-refractivity contribution in [2.24, 2.45) is 0 Å². The average molecular weight is 137 g/mol. The molecule has 0 aromatic heterocycles. The van der Waals surface area contributed by atoms with Gasteiger partial charge in [0.25, 0.3) is 0 Å². The quantitative estimate of drug-likeness (QED) is 0.419. The lowest BCUT2D eigenvalue weighted by atomic mass is 9.98. The normalized spacial score (nSPS) is 19.6. The van der Waals surface area contributed by atoms with Crippen LogP contribution in [-0.2, 0) is 4.74 Å². The van der Waals surface area contributed by atoms with Crippen LogP contribution in [0.25, 0.3) is 0 Å². The average Bonchev–Trinajstić information content (AvgIpc) is 2.03. The molecule has 1 rings (SSSR count). The van der Waals surface area contributed by atoms with Crippen LogP contribution in [0.15, 0.2) is 12.3 Å². The van der Waals surface area contributed by atoms with Gasteiger partial charge in [-0.3, -0.25) is 0 Å². The second-order valence-electron chi connectivity index (χ2n) is 2.66. The second-order valence-corrected chi connectivity index (χ2v) is 2.66. The van der Waals surface area contributed by atoms with Crippen molar-refractivity contribution in [3.05, 3.63) is 18.6 Å². The van der Waals surface area contributed by atoms with Crippen molar-refractivity contribution in [2.45, 2.75) is 38.2 Å². The minimum atomic E-state index is 0.392. The van der Waals surface area contributed by atoms with Gasteiger partial charge >= 0.3 is 0 Å². The first-order valence-electron chi connectivity index (χ1n) is 3.86. The topological polar surface area (TPSA) is 9.23 Å². The van der Waals surface area contributed by atoms with Crippen LogP contribution in [0.4, 0.5) is 0 Å². The Labute approximate surface area is 62.4 Å². The minimum absolute atomic E-state index is 0.392. The molecule has 0 aliphatic heterocycles. The lowest BCUT2D eigenvalue weighted by Gasteiger charge is -2.19. The van der Waals surface area contributed by atoms with Gasteiger partial charge in [0.2, 0.25) is 6.26 Å². The maximum Gasteiger partial charge on any atom is 0.213 e. The van der Waals surface area contributed by atoms with Crippen molar-refractivity contribution in [3.8, 4) is 0 Å². The fourth-order valence-corrected chi connectivity index (χ4v) is 1.31. The van der Waals surface area contributed by atoms with Crippen molar-refractivity contribution in [3.63, 3.8) is 0 Å². The number of hydrogen-bond donors (Lipinski definition) is 0. The largest absolute Gasteiger partial charge is 0.479 e. The summed E-state index contributed by atoms with van der Waals surface area (Å²) in [5.41, 5.74) is 2.49. The molecule has 0 bridgehead atoms. The molecule has 0 amide bonds. The fourth-order valence-electron chi connectivity index (χ4n) is 1.31. The van der Waals surface area contributed by atoms with Gasteiger partial charge in [-0.2, -0.15) is 0 Å². The van der Waals surface area contributed by atoms with E-state index in [-0.39, 0.29) is 0 Å². The third-order valence-corrected chi connectivity index (χ3v) is 1.85. The van der Waals surface area contributed by atoms with Crippen LogP contribution in [0, 0.1) is 6.26 Å². The first-order valence-corrected chi connectivity index (χ1v) is 3.86. The van der Waals surface area contributed by atoms with Crippen LogP contribution in [0.2, 0.25) is 0 Å². The predicted molar refractivity (Wildman–Crippen MR) is 40.3 cm³/mol. The zero-order valence-electron chi connectivity index (χ0n) is 6.23. The summed E-state index contributed by atoms with van der Waals surface area (Å²) in [5.74, 6) is 0. The Morgan fingerprint density at radius 3 is 2.50 bits per heavy atom. The highest BCUT2D eigenvalue weighted by Crippen LogP contribution is 2.19. The van der Waals surface area contributed by atoms with Crippen LogP contribution in [0.3, 0.4) is 0 Å². The van der Waals surface area contributed by atoms with Crippen molar-refractivity contribution in [1.29, 1.82) is 0 Å². The van der Waals surface area contributed by atoms with Crippen LogP contribution in [0.1, 0.15) is 32.1 Å². The summed E-state index contributed by atoms with van der Waals surface area (Å²) < 4.78 is 5.21. The molecule has 0 atom stereocenters. The second kappa shape index (κ2) is 4.19. The van der Waals surface area contributed by atoms with Crippen molar-refractivity contribution < 1.29 is 4.74 Å². The van der Waals surface area contributed by atoms with E-state index in [0.29, 0.717) is 6.10 Å². The first-order chi connectivity index (χ1) is 4.93. The molecule has 10 heavy (non-hydrogen) atoms. The molecule has 1 aliphatic carbocycles. The van der Waals surface area contributed by atoms with E-state index < -0.39 is 0 Å². The molecule has 1 heteroatoms. The van der Waals surface area contributed by atoms with Gasteiger partial charge in [-0.05, 0) is 25.7 Å². The van der Waals surface area contributed by atoms with E-state index in [9.17, 15) is 0 Å². The molecule has 1 radical (unpaired) electrons. The molecule has 0 spiro atoms. The van der Waals surface area contributed by atoms with Crippen molar-refractivity contribution in [1.82, 2.24) is 0 Å². The zero-order chi connectivity index (χ0) is 7.23. The van der Waals surface area contributed by atoms with E-state index in [1.54, 1.807) is 0 Å². The first kappa shape index (κ1) is 7.43. The summed E-state index contributed by atoms with van der Waals surface area (Å²) >= 11 is 0. The Balaban J connectivity index is 2.19. The Hall–Kier alpha value is -0.680. The van der Waals surface area contributed by atoms with Gasteiger partial charge in [-0.25, -0.2) is 0 Å². The summed E-state index contributed by atoms with van der Waals surface area (Å²) in [5, 5.41) is 0. The fraction of sp³-hybridized carbons (Fsp3) is 0.667. The van der Waals surface area contributed by atoms with Gasteiger partial charge < -0.3 is 4.74 Å². The van der Waals surface area contributed by atoms with Gasteiger partial charge in [0.05, 0.1) is 6.10 Å². The molecule has 0 aromatic rings. The monoisotopic (exact) mass is 137 g/mol. The lowest BCUT2D eigenvalue weighted by molar-refractivity contribution is 0.0925. The van der Waals surface area contributed by atoms with Crippen LogP contribution in [-0.4, -0.2) is 6.10 Å². The highest BCUT2D eigenvalue weighted by molar-refractivity contribution is 4.67. The summed E-state index contributed by atoms with van der Waals surface area (Å²) in [6.45, 7) is 3.38. The highest BCUT2D eigenvalue weighted by atomic mass is 16.5. The molecule has 1 saturated carbocycles. The molecule has 0 N–H and O–H groups in total. The zero-order valence-corrected chi connectivity index (χ0v) is 6.23. The SMILES string of the molecule is C=C=[C]OC1CCCCC1. The highest BCUT2D eigenvalue weighted by Gasteiger charge is 2.12. The maximum absolute atomic E-state index is 5.21. The van der Waals surface area contributed by atoms with E-state index in [1.165, 1.54) is 32.1 Å². The van der Waals surface area contributed by atoms with Gasteiger partial charge in [0.1, 0.15) is 0 Å². The molecule has 1 fully saturated rings. The van der Waals surface area contributed by atoms with E-state index in [1.807, 2.05) is 0 Å². The van der Waals surface area contributed by atoms with Gasteiger partial charge in [0.15, 0.2) is 0 Å². The van der Waals surface area contributed by atoms with Gasteiger partial charge in [0, 0.05) is 0 Å². The number of hydrogen-bond acceptors (Lipinski definition) is 1. The van der Waals surface area contributed by atoms with E-state index >= 15 is 0 Å². The Bertz CT molecular complexity index is 128. The standard InChI is InChI=1S/C9H13O/c1-2-8-10-9-6-4-3-5-7-9/h9H,1,3-7H2. The molecule has 0 unspecified atom stereocenters. The molecular weight excluding hydrogens is 124 g/mol.